The quantitative estimate of drug-likeness (QED) is 0.721. The Balaban J connectivity index is 2.17. The van der Waals surface area contributed by atoms with Gasteiger partial charge in [-0.05, 0) is 40.7 Å². The van der Waals surface area contributed by atoms with E-state index in [-0.39, 0.29) is 11.5 Å². The fourth-order valence-electron chi connectivity index (χ4n) is 3.00. The van der Waals surface area contributed by atoms with Crippen LogP contribution in [0.25, 0.3) is 0 Å². The molecule has 1 aliphatic heterocycles. The molecule has 0 spiro atoms. The van der Waals surface area contributed by atoms with Crippen LogP contribution in [-0.4, -0.2) is 56.6 Å². The van der Waals surface area contributed by atoms with Crippen molar-refractivity contribution in [3.63, 3.8) is 0 Å². The highest BCUT2D eigenvalue weighted by atomic mass is 32.2. The molecule has 3 rings (SSSR count). The maximum absolute atomic E-state index is 13.2. The third kappa shape index (κ3) is 3.89. The Morgan fingerprint density at radius 2 is 1.93 bits per heavy atom. The summed E-state index contributed by atoms with van der Waals surface area (Å²) in [7, 11) is -2.06. The first kappa shape index (κ1) is 21.3. The van der Waals surface area contributed by atoms with Gasteiger partial charge in [0.15, 0.2) is 15.7 Å². The van der Waals surface area contributed by atoms with E-state index in [1.165, 1.54) is 0 Å². The number of H-pyrrole nitrogens is 1. The van der Waals surface area contributed by atoms with Crippen molar-refractivity contribution in [2.45, 2.75) is 44.3 Å². The number of aromatic nitrogens is 2. The summed E-state index contributed by atoms with van der Waals surface area (Å²) >= 11 is 0. The van der Waals surface area contributed by atoms with Crippen LogP contribution in [-0.2, 0) is 14.6 Å². The molecule has 0 atom stereocenters. The molecule has 2 heterocycles. The minimum atomic E-state index is -3.63. The van der Waals surface area contributed by atoms with E-state index in [0.717, 1.165) is 22.8 Å². The van der Waals surface area contributed by atoms with Gasteiger partial charge in [-0.1, -0.05) is 0 Å². The van der Waals surface area contributed by atoms with Crippen molar-refractivity contribution in [2.75, 3.05) is 31.9 Å². The highest BCUT2D eigenvalue weighted by Crippen LogP contribution is 2.40. The summed E-state index contributed by atoms with van der Waals surface area (Å²) in [4.78, 5) is 6.51. The zero-order valence-corrected chi connectivity index (χ0v) is 18.6. The number of aliphatic imine (C=N–C) groups is 1. The lowest BCUT2D eigenvalue weighted by atomic mass is 10.1. The molecule has 8 nitrogen and oxygen atoms in total. The Kier molecular flexibility index (Phi) is 5.73. The molecule has 1 aromatic carbocycles. The summed E-state index contributed by atoms with van der Waals surface area (Å²) in [6.07, 6.45) is 1.70. The van der Waals surface area contributed by atoms with Gasteiger partial charge in [0, 0.05) is 36.2 Å². The first-order valence-electron chi connectivity index (χ1n) is 9.41. The number of nitrogens with zero attached hydrogens (tertiary/aromatic N) is 3. The highest BCUT2D eigenvalue weighted by Gasteiger charge is 2.35. The minimum Gasteiger partial charge on any atom is -0.490 e. The molecule has 0 fully saturated rings. The molecule has 0 amide bonds. The normalized spacial score (nSPS) is 14.2. The van der Waals surface area contributed by atoms with E-state index in [9.17, 15) is 8.42 Å². The number of ether oxygens (including phenoxy) is 2. The second-order valence-electron chi connectivity index (χ2n) is 7.99. The zero-order chi connectivity index (χ0) is 21.4. The molecule has 0 bridgehead atoms. The fraction of sp³-hybridized carbons (Fsp3) is 0.500. The van der Waals surface area contributed by atoms with Gasteiger partial charge >= 0.3 is 0 Å². The predicted octanol–water partition coefficient (Wildman–Crippen LogP) is 3.15. The SMILES string of the molecule is COCCOc1cc2c(cc1S(=O)(=O)C(C)(C)C)C=NCN2c1n[nH]c(C)c1C. The Bertz CT molecular complexity index is 1040. The van der Waals surface area contributed by atoms with Gasteiger partial charge in [-0.2, -0.15) is 5.10 Å². The molecule has 1 aliphatic rings. The van der Waals surface area contributed by atoms with Gasteiger partial charge < -0.3 is 14.4 Å². The van der Waals surface area contributed by atoms with Crippen molar-refractivity contribution in [1.29, 1.82) is 0 Å². The van der Waals surface area contributed by atoms with E-state index in [0.29, 0.717) is 24.6 Å². The zero-order valence-electron chi connectivity index (χ0n) is 17.7. The Labute approximate surface area is 171 Å². The summed E-state index contributed by atoms with van der Waals surface area (Å²) in [5, 5.41) is 7.39. The second kappa shape index (κ2) is 7.79. The van der Waals surface area contributed by atoms with Crippen molar-refractivity contribution in [3.8, 4) is 5.75 Å². The number of aryl methyl sites for hydroxylation is 1. The number of aromatic amines is 1. The number of rotatable bonds is 6. The van der Waals surface area contributed by atoms with Crippen molar-refractivity contribution >= 4 is 27.6 Å². The van der Waals surface area contributed by atoms with Crippen LogP contribution in [0, 0.1) is 13.8 Å². The van der Waals surface area contributed by atoms with Gasteiger partial charge in [0.05, 0.1) is 17.0 Å². The molecule has 1 N–H and O–H groups in total. The van der Waals surface area contributed by atoms with E-state index >= 15 is 0 Å². The van der Waals surface area contributed by atoms with Crippen LogP contribution in [0.4, 0.5) is 11.5 Å². The molecule has 1 aromatic heterocycles. The average Bonchev–Trinajstić information content (AvgIpc) is 2.98. The Morgan fingerprint density at radius 3 is 2.52 bits per heavy atom. The molecular formula is C20H28N4O4S. The molecule has 158 valence electrons. The first-order valence-corrected chi connectivity index (χ1v) is 10.9. The molecule has 2 aromatic rings. The molecule has 0 aliphatic carbocycles. The summed E-state index contributed by atoms with van der Waals surface area (Å²) in [5.74, 6) is 1.07. The van der Waals surface area contributed by atoms with E-state index in [2.05, 4.69) is 15.2 Å². The molecule has 9 heteroatoms. The van der Waals surface area contributed by atoms with Crippen LogP contribution in [0.15, 0.2) is 22.0 Å². The van der Waals surface area contributed by atoms with Gasteiger partial charge in [-0.25, -0.2) is 8.42 Å². The van der Waals surface area contributed by atoms with Crippen molar-refractivity contribution in [2.24, 2.45) is 4.99 Å². The molecular weight excluding hydrogens is 392 g/mol. The molecule has 0 radical (unpaired) electrons. The number of hydrogen-bond acceptors (Lipinski definition) is 7. The largest absolute Gasteiger partial charge is 0.490 e. The maximum atomic E-state index is 13.2. The summed E-state index contributed by atoms with van der Waals surface area (Å²) in [5.41, 5.74) is 3.49. The van der Waals surface area contributed by atoms with Crippen LogP contribution in [0.5, 0.6) is 5.75 Å². The number of methoxy groups -OCH3 is 1. The van der Waals surface area contributed by atoms with Crippen molar-refractivity contribution in [1.82, 2.24) is 10.2 Å². The standard InChI is InChI=1S/C20H28N4O4S/c1-13-14(2)22-23-19(13)24-12-21-11-15-9-18(29(25,26)20(3,4)5)17(10-16(15)24)28-8-7-27-6/h9-11H,7-8,12H2,1-6H3,(H,22,23). The third-order valence-electron chi connectivity index (χ3n) is 4.96. The Hall–Kier alpha value is -2.39. The smallest absolute Gasteiger partial charge is 0.186 e. The van der Waals surface area contributed by atoms with Crippen LogP contribution >= 0.6 is 0 Å². The second-order valence-corrected chi connectivity index (χ2v) is 10.7. The van der Waals surface area contributed by atoms with Crippen LogP contribution < -0.4 is 9.64 Å². The number of fused-ring (bicyclic) bond motifs is 1. The van der Waals surface area contributed by atoms with Crippen LogP contribution in [0.3, 0.4) is 0 Å². The highest BCUT2D eigenvalue weighted by molar-refractivity contribution is 7.92. The molecule has 0 saturated carbocycles. The number of anilines is 2. The monoisotopic (exact) mass is 420 g/mol. The predicted molar refractivity (Wildman–Crippen MR) is 113 cm³/mol. The fourth-order valence-corrected chi connectivity index (χ4v) is 4.33. The third-order valence-corrected chi connectivity index (χ3v) is 7.47. The topological polar surface area (TPSA) is 96.9 Å². The van der Waals surface area contributed by atoms with E-state index < -0.39 is 14.6 Å². The molecule has 0 saturated heterocycles. The van der Waals surface area contributed by atoms with Crippen LogP contribution in [0.2, 0.25) is 0 Å². The van der Waals surface area contributed by atoms with Crippen molar-refractivity contribution in [3.05, 3.63) is 29.0 Å². The number of sulfone groups is 1. The van der Waals surface area contributed by atoms with E-state index in [1.54, 1.807) is 46.2 Å². The number of hydrogen-bond donors (Lipinski definition) is 1. The minimum absolute atomic E-state index is 0.156. The maximum Gasteiger partial charge on any atom is 0.186 e. The van der Waals surface area contributed by atoms with E-state index in [4.69, 9.17) is 9.47 Å². The van der Waals surface area contributed by atoms with Gasteiger partial charge in [0.25, 0.3) is 0 Å². The molecule has 29 heavy (non-hydrogen) atoms. The molecule has 0 unspecified atom stereocenters. The lowest BCUT2D eigenvalue weighted by Crippen LogP contribution is -2.29. The van der Waals surface area contributed by atoms with Gasteiger partial charge in [0.1, 0.15) is 23.9 Å². The number of nitrogens with one attached hydrogen (secondary N) is 1. The Morgan fingerprint density at radius 1 is 1.21 bits per heavy atom. The van der Waals surface area contributed by atoms with Gasteiger partial charge in [0.2, 0.25) is 0 Å². The lowest BCUT2D eigenvalue weighted by molar-refractivity contribution is 0.144. The summed E-state index contributed by atoms with van der Waals surface area (Å²) in [6.45, 7) is 9.97. The summed E-state index contributed by atoms with van der Waals surface area (Å²) < 4.78 is 36.4. The van der Waals surface area contributed by atoms with E-state index in [1.807, 2.05) is 18.7 Å². The first-order chi connectivity index (χ1) is 13.6. The number of benzene rings is 1. The summed E-state index contributed by atoms with van der Waals surface area (Å²) in [6, 6.07) is 3.40. The van der Waals surface area contributed by atoms with Crippen molar-refractivity contribution < 1.29 is 17.9 Å². The van der Waals surface area contributed by atoms with Gasteiger partial charge in [-0.15, -0.1) is 0 Å². The average molecular weight is 421 g/mol. The van der Waals surface area contributed by atoms with Crippen LogP contribution in [0.1, 0.15) is 37.6 Å². The van der Waals surface area contributed by atoms with Gasteiger partial charge in [-0.3, -0.25) is 10.1 Å². The lowest BCUT2D eigenvalue weighted by Gasteiger charge is -2.29.